The van der Waals surface area contributed by atoms with E-state index in [9.17, 15) is 9.59 Å². The fourth-order valence-electron chi connectivity index (χ4n) is 3.17. The second-order valence-electron chi connectivity index (χ2n) is 6.25. The van der Waals surface area contributed by atoms with Gasteiger partial charge in [0.25, 0.3) is 0 Å². The Morgan fingerprint density at radius 1 is 1.24 bits per heavy atom. The van der Waals surface area contributed by atoms with Crippen LogP contribution in [0.25, 0.3) is 11.8 Å². The highest BCUT2D eigenvalue weighted by Crippen LogP contribution is 2.20. The Balaban J connectivity index is 1.66. The van der Waals surface area contributed by atoms with E-state index < -0.39 is 0 Å². The molecule has 2 heterocycles. The van der Waals surface area contributed by atoms with Crippen molar-refractivity contribution >= 4 is 17.9 Å². The lowest BCUT2D eigenvalue weighted by atomic mass is 9.99. The zero-order valence-electron chi connectivity index (χ0n) is 14.0. The first-order chi connectivity index (χ1) is 12.1. The highest BCUT2D eigenvalue weighted by atomic mass is 16.2. The van der Waals surface area contributed by atoms with Crippen molar-refractivity contribution in [2.45, 2.75) is 31.7 Å². The van der Waals surface area contributed by atoms with Crippen molar-refractivity contribution in [2.24, 2.45) is 5.73 Å². The van der Waals surface area contributed by atoms with E-state index in [1.807, 2.05) is 35.0 Å². The molecule has 6 nitrogen and oxygen atoms in total. The van der Waals surface area contributed by atoms with Gasteiger partial charge in [-0.05, 0) is 43.0 Å². The Bertz CT molecular complexity index is 750. The van der Waals surface area contributed by atoms with Crippen molar-refractivity contribution in [3.05, 3.63) is 54.6 Å². The van der Waals surface area contributed by atoms with Crippen molar-refractivity contribution in [3.8, 4) is 5.69 Å². The van der Waals surface area contributed by atoms with E-state index in [4.69, 9.17) is 5.73 Å². The van der Waals surface area contributed by atoms with Crippen LogP contribution < -0.4 is 5.73 Å². The molecule has 130 valence electrons. The Kier molecular flexibility index (Phi) is 5.28. The number of carbonyl (C=O) groups is 2. The number of aromatic nitrogens is 2. The van der Waals surface area contributed by atoms with E-state index in [2.05, 4.69) is 4.98 Å². The van der Waals surface area contributed by atoms with Gasteiger partial charge in [0.05, 0.1) is 6.33 Å². The van der Waals surface area contributed by atoms with Gasteiger partial charge in [0.2, 0.25) is 11.8 Å². The molecular weight excluding hydrogens is 316 g/mol. The Morgan fingerprint density at radius 3 is 2.72 bits per heavy atom. The summed E-state index contributed by atoms with van der Waals surface area (Å²) in [6.45, 7) is 0.681. The van der Waals surface area contributed by atoms with Crippen molar-refractivity contribution in [1.82, 2.24) is 14.5 Å². The van der Waals surface area contributed by atoms with Crippen LogP contribution in [0.4, 0.5) is 0 Å². The number of carbonyl (C=O) groups excluding carboxylic acids is 2. The van der Waals surface area contributed by atoms with Gasteiger partial charge >= 0.3 is 0 Å². The number of hydrogen-bond acceptors (Lipinski definition) is 3. The maximum absolute atomic E-state index is 12.5. The Hall–Kier alpha value is -2.89. The van der Waals surface area contributed by atoms with Crippen molar-refractivity contribution in [2.75, 3.05) is 6.54 Å². The van der Waals surface area contributed by atoms with Crippen LogP contribution in [0.1, 0.15) is 31.2 Å². The molecule has 1 aromatic heterocycles. The number of likely N-dealkylation sites (tertiary alicyclic amines) is 1. The second kappa shape index (κ2) is 7.79. The van der Waals surface area contributed by atoms with Gasteiger partial charge < -0.3 is 15.2 Å². The first-order valence-corrected chi connectivity index (χ1v) is 8.49. The summed E-state index contributed by atoms with van der Waals surface area (Å²) < 4.78 is 1.92. The standard InChI is InChI=1S/C19H22N4O2/c20-18(24)13-17-3-1-2-11-23(17)19(25)9-6-15-4-7-16(8-5-15)22-12-10-21-14-22/h4-10,12,14,17H,1-3,11,13H2,(H2,20,24)/b9-6+. The molecule has 2 amide bonds. The van der Waals surface area contributed by atoms with Crippen LogP contribution in [0.15, 0.2) is 49.1 Å². The summed E-state index contributed by atoms with van der Waals surface area (Å²) in [7, 11) is 0. The molecule has 1 unspecified atom stereocenters. The minimum Gasteiger partial charge on any atom is -0.370 e. The summed E-state index contributed by atoms with van der Waals surface area (Å²) in [4.78, 5) is 29.5. The summed E-state index contributed by atoms with van der Waals surface area (Å²) in [5.41, 5.74) is 7.26. The number of primary amides is 1. The molecule has 1 aliphatic heterocycles. The van der Waals surface area contributed by atoms with E-state index in [0.717, 1.165) is 30.5 Å². The third-order valence-electron chi connectivity index (χ3n) is 4.46. The predicted molar refractivity (Wildman–Crippen MR) is 95.8 cm³/mol. The van der Waals surface area contributed by atoms with E-state index >= 15 is 0 Å². The van der Waals surface area contributed by atoms with Gasteiger partial charge in [-0.3, -0.25) is 9.59 Å². The van der Waals surface area contributed by atoms with Crippen LogP contribution in [0.3, 0.4) is 0 Å². The lowest BCUT2D eigenvalue weighted by Gasteiger charge is -2.34. The normalized spacial score (nSPS) is 17.8. The molecule has 1 fully saturated rings. The quantitative estimate of drug-likeness (QED) is 0.848. The molecule has 1 aliphatic rings. The van der Waals surface area contributed by atoms with Gasteiger partial charge in [0.15, 0.2) is 0 Å². The fraction of sp³-hybridized carbons (Fsp3) is 0.316. The lowest BCUT2D eigenvalue weighted by Crippen LogP contribution is -2.44. The number of hydrogen-bond donors (Lipinski definition) is 1. The number of nitrogens with two attached hydrogens (primary N) is 1. The van der Waals surface area contributed by atoms with Gasteiger partial charge in [0.1, 0.15) is 0 Å². The molecule has 3 rings (SSSR count). The van der Waals surface area contributed by atoms with E-state index in [1.54, 1.807) is 29.6 Å². The van der Waals surface area contributed by atoms with Gasteiger partial charge in [-0.2, -0.15) is 0 Å². The van der Waals surface area contributed by atoms with Gasteiger partial charge in [-0.1, -0.05) is 12.1 Å². The molecule has 0 aliphatic carbocycles. The fourth-order valence-corrected chi connectivity index (χ4v) is 3.17. The maximum atomic E-state index is 12.5. The van der Waals surface area contributed by atoms with Crippen molar-refractivity contribution in [1.29, 1.82) is 0 Å². The number of nitrogens with zero attached hydrogens (tertiary/aromatic N) is 3. The molecule has 1 saturated heterocycles. The smallest absolute Gasteiger partial charge is 0.246 e. The molecule has 0 spiro atoms. The van der Waals surface area contributed by atoms with Crippen LogP contribution in [0, 0.1) is 0 Å². The molecule has 1 atom stereocenters. The average molecular weight is 338 g/mol. The summed E-state index contributed by atoms with van der Waals surface area (Å²) in [6.07, 6.45) is 11.8. The van der Waals surface area contributed by atoms with Crippen LogP contribution in [0.2, 0.25) is 0 Å². The lowest BCUT2D eigenvalue weighted by molar-refractivity contribution is -0.130. The van der Waals surface area contributed by atoms with Gasteiger partial charge in [-0.25, -0.2) is 4.98 Å². The minimum absolute atomic E-state index is 0.0652. The van der Waals surface area contributed by atoms with Gasteiger partial charge in [0, 0.05) is 43.2 Å². The molecule has 0 saturated carbocycles. The van der Waals surface area contributed by atoms with E-state index in [0.29, 0.717) is 6.54 Å². The zero-order valence-corrected chi connectivity index (χ0v) is 14.0. The second-order valence-corrected chi connectivity index (χ2v) is 6.25. The summed E-state index contributed by atoms with van der Waals surface area (Å²) in [5.74, 6) is -0.423. The number of benzene rings is 1. The number of imidazole rings is 1. The summed E-state index contributed by atoms with van der Waals surface area (Å²) in [6, 6.07) is 7.78. The minimum atomic E-state index is -0.358. The van der Waals surface area contributed by atoms with Crippen molar-refractivity contribution < 1.29 is 9.59 Å². The largest absolute Gasteiger partial charge is 0.370 e. The monoisotopic (exact) mass is 338 g/mol. The van der Waals surface area contributed by atoms with Crippen LogP contribution >= 0.6 is 0 Å². The molecule has 2 N–H and O–H groups in total. The molecule has 6 heteroatoms. The molecule has 0 bridgehead atoms. The average Bonchev–Trinajstić information content (AvgIpc) is 3.15. The van der Waals surface area contributed by atoms with E-state index in [-0.39, 0.29) is 24.3 Å². The van der Waals surface area contributed by atoms with Crippen molar-refractivity contribution in [3.63, 3.8) is 0 Å². The molecule has 2 aromatic rings. The number of piperidine rings is 1. The van der Waals surface area contributed by atoms with E-state index in [1.165, 1.54) is 0 Å². The molecular formula is C19H22N4O2. The zero-order chi connectivity index (χ0) is 17.6. The van der Waals surface area contributed by atoms with Crippen LogP contribution in [-0.4, -0.2) is 38.9 Å². The third-order valence-corrected chi connectivity index (χ3v) is 4.46. The first-order valence-electron chi connectivity index (χ1n) is 8.49. The third kappa shape index (κ3) is 4.35. The Morgan fingerprint density at radius 2 is 2.04 bits per heavy atom. The topological polar surface area (TPSA) is 81.2 Å². The molecule has 0 radical (unpaired) electrons. The molecule has 1 aromatic carbocycles. The maximum Gasteiger partial charge on any atom is 0.246 e. The Labute approximate surface area is 147 Å². The van der Waals surface area contributed by atoms with Crippen LogP contribution in [-0.2, 0) is 9.59 Å². The molecule has 25 heavy (non-hydrogen) atoms. The first kappa shape index (κ1) is 17.0. The highest BCUT2D eigenvalue weighted by molar-refractivity contribution is 5.92. The SMILES string of the molecule is NC(=O)CC1CCCCN1C(=O)/C=C/c1ccc(-n2ccnc2)cc1. The highest BCUT2D eigenvalue weighted by Gasteiger charge is 2.26. The van der Waals surface area contributed by atoms with Gasteiger partial charge in [-0.15, -0.1) is 0 Å². The van der Waals surface area contributed by atoms with Crippen LogP contribution in [0.5, 0.6) is 0 Å². The number of amides is 2. The summed E-state index contributed by atoms with van der Waals surface area (Å²) in [5, 5.41) is 0. The summed E-state index contributed by atoms with van der Waals surface area (Å²) >= 11 is 0. The number of rotatable bonds is 5. The predicted octanol–water partition coefficient (Wildman–Crippen LogP) is 2.14.